The van der Waals surface area contributed by atoms with Crippen LogP contribution in [0.5, 0.6) is 0 Å². The molecule has 0 amide bonds. The van der Waals surface area contributed by atoms with Crippen molar-refractivity contribution in [1.29, 1.82) is 0 Å². The van der Waals surface area contributed by atoms with E-state index in [4.69, 9.17) is 10.2 Å². The van der Waals surface area contributed by atoms with Crippen LogP contribution in [0, 0.1) is 0 Å². The van der Waals surface area contributed by atoms with Gasteiger partial charge >= 0.3 is 41.5 Å². The molecule has 0 saturated heterocycles. The number of carboxylic acid groups (broad SMARTS) is 2. The molecule has 2 N–H and O–H groups in total. The van der Waals surface area contributed by atoms with Crippen molar-refractivity contribution >= 4 is 70.3 Å². The van der Waals surface area contributed by atoms with E-state index in [9.17, 15) is 18.0 Å². The molecule has 0 aliphatic heterocycles. The Balaban J connectivity index is -0.000000117. The van der Waals surface area contributed by atoms with E-state index in [1.807, 2.05) is 0 Å². The zero-order chi connectivity index (χ0) is 17.3. The van der Waals surface area contributed by atoms with Crippen LogP contribution < -0.4 is 29.6 Å². The van der Waals surface area contributed by atoms with Crippen molar-refractivity contribution in [2.75, 3.05) is 24.4 Å². The summed E-state index contributed by atoms with van der Waals surface area (Å²) in [6.45, 7) is 0. The molecule has 0 bridgehead atoms. The van der Waals surface area contributed by atoms with Gasteiger partial charge in [-0.3, -0.25) is 18.0 Å². The van der Waals surface area contributed by atoms with Crippen LogP contribution in [0.4, 0.5) is 0 Å². The van der Waals surface area contributed by atoms with Crippen molar-refractivity contribution in [2.24, 2.45) is 0 Å². The second kappa shape index (κ2) is 22.3. The fraction of sp³-hybridized carbons (Fsp3) is 0.750. The van der Waals surface area contributed by atoms with Crippen LogP contribution in [0.25, 0.3) is 0 Å². The Morgan fingerprint density at radius 1 is 1.23 bits per heavy atom. The van der Waals surface area contributed by atoms with Gasteiger partial charge in [0.1, 0.15) is 11.1 Å². The summed E-state index contributed by atoms with van der Waals surface area (Å²) in [6.07, 6.45) is 1.33. The van der Waals surface area contributed by atoms with E-state index in [0.29, 0.717) is 11.1 Å². The first-order valence-corrected chi connectivity index (χ1v) is 11.1. The van der Waals surface area contributed by atoms with Crippen molar-refractivity contribution in [2.45, 2.75) is 12.8 Å². The SMILES string of the molecule is COOSSCCC(=O)O.CS(=O)(=O)[S-].O=C(O)CCBr.[Na+]. The molecule has 0 unspecified atom stereocenters. The van der Waals surface area contributed by atoms with Crippen molar-refractivity contribution in [3.05, 3.63) is 0 Å². The summed E-state index contributed by atoms with van der Waals surface area (Å²) in [5, 5.41) is 16.6. The fourth-order valence-electron chi connectivity index (χ4n) is 0.291. The zero-order valence-electron chi connectivity index (χ0n) is 12.2. The molecule has 22 heavy (non-hydrogen) atoms. The van der Waals surface area contributed by atoms with Crippen molar-refractivity contribution in [3.63, 3.8) is 0 Å². The Bertz CT molecular complexity index is 359. The maximum atomic E-state index is 9.94. The third kappa shape index (κ3) is 68.7. The molecule has 0 fully saturated rings. The second-order valence-electron chi connectivity index (χ2n) is 2.81. The van der Waals surface area contributed by atoms with E-state index in [1.54, 1.807) is 0 Å². The molecule has 0 aromatic carbocycles. The molecule has 0 aliphatic carbocycles. The topological polar surface area (TPSA) is 127 Å². The van der Waals surface area contributed by atoms with Crippen LogP contribution in [0.2, 0.25) is 0 Å². The molecule has 0 saturated carbocycles. The normalized spacial score (nSPS) is 9.27. The summed E-state index contributed by atoms with van der Waals surface area (Å²) >= 11 is 7.79. The molecular formula is C8H16BrNaO8S4. The van der Waals surface area contributed by atoms with Crippen LogP contribution >= 0.6 is 37.8 Å². The number of halogens is 1. The third-order valence-corrected chi connectivity index (χ3v) is 2.86. The third-order valence-electron chi connectivity index (χ3n) is 0.852. The largest absolute Gasteiger partial charge is 1.00 e. The first kappa shape index (κ1) is 31.1. The molecule has 8 nitrogen and oxygen atoms in total. The molecule has 0 rings (SSSR count). The number of alkyl halides is 1. The van der Waals surface area contributed by atoms with Crippen molar-refractivity contribution in [3.8, 4) is 0 Å². The van der Waals surface area contributed by atoms with Gasteiger partial charge in [0.05, 0.1) is 20.0 Å². The van der Waals surface area contributed by atoms with Gasteiger partial charge in [0.25, 0.3) is 0 Å². The molecule has 0 aromatic rings. The summed E-state index contributed by atoms with van der Waals surface area (Å²) in [4.78, 5) is 23.8. The minimum Gasteiger partial charge on any atom is -0.649 e. The van der Waals surface area contributed by atoms with E-state index in [-0.39, 0.29) is 42.4 Å². The first-order chi connectivity index (χ1) is 9.54. The minimum absolute atomic E-state index is 0. The van der Waals surface area contributed by atoms with Gasteiger partial charge in [-0.2, -0.15) is 4.33 Å². The summed E-state index contributed by atoms with van der Waals surface area (Å²) in [5.41, 5.74) is 0. The van der Waals surface area contributed by atoms with Crippen LogP contribution in [-0.2, 0) is 39.3 Å². The quantitative estimate of drug-likeness (QED) is 0.0640. The Hall–Kier alpha value is 1.34. The molecule has 0 aromatic heterocycles. The van der Waals surface area contributed by atoms with E-state index < -0.39 is 20.8 Å². The monoisotopic (exact) mass is 470 g/mol. The zero-order valence-corrected chi connectivity index (χ0v) is 19.0. The second-order valence-corrected chi connectivity index (χ2v) is 8.85. The maximum absolute atomic E-state index is 9.94. The predicted octanol–water partition coefficient (Wildman–Crippen LogP) is -1.31. The van der Waals surface area contributed by atoms with Crippen LogP contribution in [0.15, 0.2) is 0 Å². The van der Waals surface area contributed by atoms with Gasteiger partial charge in [-0.1, -0.05) is 26.7 Å². The van der Waals surface area contributed by atoms with E-state index in [1.165, 1.54) is 17.9 Å². The molecule has 0 heterocycles. The van der Waals surface area contributed by atoms with Gasteiger partial charge < -0.3 is 21.9 Å². The minimum atomic E-state index is -3.08. The van der Waals surface area contributed by atoms with Crippen molar-refractivity contribution < 1.29 is 67.0 Å². The van der Waals surface area contributed by atoms with Gasteiger partial charge in [0, 0.05) is 26.2 Å². The van der Waals surface area contributed by atoms with Crippen LogP contribution in [0.1, 0.15) is 12.8 Å². The van der Waals surface area contributed by atoms with E-state index >= 15 is 0 Å². The molecule has 14 heteroatoms. The van der Waals surface area contributed by atoms with Gasteiger partial charge in [-0.25, -0.2) is 4.89 Å². The average molecular weight is 471 g/mol. The molecule has 0 atom stereocenters. The molecule has 0 spiro atoms. The number of carbonyl (C=O) groups is 2. The fourth-order valence-corrected chi connectivity index (χ4v) is 1.79. The van der Waals surface area contributed by atoms with Gasteiger partial charge in [-0.15, -0.1) is 0 Å². The number of hydrogen-bond acceptors (Lipinski definition) is 9. The Morgan fingerprint density at radius 2 is 1.64 bits per heavy atom. The molecule has 0 aliphatic rings. The summed E-state index contributed by atoms with van der Waals surface area (Å²) < 4.78 is 23.3. The van der Waals surface area contributed by atoms with Gasteiger partial charge in [0.2, 0.25) is 0 Å². The number of aliphatic carboxylic acids is 2. The number of carboxylic acids is 2. The van der Waals surface area contributed by atoms with Gasteiger partial charge in [-0.05, 0) is 0 Å². The smallest absolute Gasteiger partial charge is 0.649 e. The first-order valence-electron chi connectivity index (χ1n) is 4.94. The Morgan fingerprint density at radius 3 is 1.86 bits per heavy atom. The predicted molar refractivity (Wildman–Crippen MR) is 88.7 cm³/mol. The summed E-state index contributed by atoms with van der Waals surface area (Å²) in [7, 11) is -0.395. The Labute approximate surface area is 173 Å². The number of rotatable bonds is 8. The molecule has 128 valence electrons. The standard InChI is InChI=1S/C4H8O4S2.C3H5BrO2.CH4O2S2.Na/c1-7-8-10-9-3-2-4(5)6;4-2-1-3(5)6;1-5(2,3)4;/h2-3H2,1H3,(H,5,6);1-2H2,(H,5,6);1H3,(H,2,3,4);/q;;;+1/p-1. The number of hydrogen-bond donors (Lipinski definition) is 2. The van der Waals surface area contributed by atoms with E-state index in [0.717, 1.165) is 17.3 Å². The molecular weight excluding hydrogens is 455 g/mol. The van der Waals surface area contributed by atoms with Crippen LogP contribution in [0.3, 0.4) is 0 Å². The summed E-state index contributed by atoms with van der Waals surface area (Å²) in [6, 6.07) is 0. The van der Waals surface area contributed by atoms with Gasteiger partial charge in [0.15, 0.2) is 0 Å². The van der Waals surface area contributed by atoms with Crippen molar-refractivity contribution in [1.82, 2.24) is 0 Å². The average Bonchev–Trinajstić information content (AvgIpc) is 2.26. The van der Waals surface area contributed by atoms with Crippen LogP contribution in [-0.4, -0.2) is 55.0 Å². The van der Waals surface area contributed by atoms with E-state index in [2.05, 4.69) is 36.8 Å². The molecule has 0 radical (unpaired) electrons. The summed E-state index contributed by atoms with van der Waals surface area (Å²) in [5.74, 6) is -1.04. The Kier molecular flexibility index (Phi) is 31.6. The maximum Gasteiger partial charge on any atom is 1.00 e.